The van der Waals surface area contributed by atoms with E-state index >= 15 is 0 Å². The molecule has 0 unspecified atom stereocenters. The van der Waals surface area contributed by atoms with Crippen molar-refractivity contribution in [1.82, 2.24) is 4.98 Å². The minimum absolute atomic E-state index is 0.419. The van der Waals surface area contributed by atoms with Crippen LogP contribution in [0.15, 0.2) is 48.7 Å². The topological polar surface area (TPSA) is 62.7 Å². The van der Waals surface area contributed by atoms with E-state index in [1.54, 1.807) is 18.3 Å². The minimum Gasteiger partial charge on any atom is -0.383 e. The predicted molar refractivity (Wildman–Crippen MR) is 88.0 cm³/mol. The molecule has 0 aliphatic rings. The zero-order valence-electron chi connectivity index (χ0n) is 12.1. The summed E-state index contributed by atoms with van der Waals surface area (Å²) < 4.78 is 0. The molecular formula is C19H13N3. The van der Waals surface area contributed by atoms with Gasteiger partial charge in [0.15, 0.2) is 0 Å². The van der Waals surface area contributed by atoms with Crippen LogP contribution < -0.4 is 5.73 Å². The molecule has 0 radical (unpaired) electrons. The normalized spacial score (nSPS) is 9.82. The van der Waals surface area contributed by atoms with Gasteiger partial charge in [-0.05, 0) is 31.2 Å². The molecule has 1 aromatic heterocycles. The molecule has 0 saturated heterocycles. The van der Waals surface area contributed by atoms with Crippen molar-refractivity contribution in [3.05, 3.63) is 70.9 Å². The number of hydrogen-bond acceptors (Lipinski definition) is 3. The average Bonchev–Trinajstić information content (AvgIpc) is 2.54. The second-order valence-electron chi connectivity index (χ2n) is 5.05. The van der Waals surface area contributed by atoms with Gasteiger partial charge in [-0.1, -0.05) is 35.6 Å². The first-order chi connectivity index (χ1) is 10.7. The van der Waals surface area contributed by atoms with Crippen LogP contribution >= 0.6 is 0 Å². The third kappa shape index (κ3) is 2.61. The van der Waals surface area contributed by atoms with Crippen molar-refractivity contribution in [2.75, 3.05) is 5.73 Å². The number of anilines is 1. The van der Waals surface area contributed by atoms with E-state index < -0.39 is 0 Å². The van der Waals surface area contributed by atoms with Crippen LogP contribution in [0.4, 0.5) is 5.82 Å². The lowest BCUT2D eigenvalue weighted by Crippen LogP contribution is -1.95. The van der Waals surface area contributed by atoms with Crippen LogP contribution in [0, 0.1) is 30.1 Å². The van der Waals surface area contributed by atoms with Crippen molar-refractivity contribution in [2.24, 2.45) is 0 Å². The van der Waals surface area contributed by atoms with Gasteiger partial charge in [0.05, 0.1) is 17.2 Å². The van der Waals surface area contributed by atoms with Crippen LogP contribution in [-0.4, -0.2) is 4.98 Å². The summed E-state index contributed by atoms with van der Waals surface area (Å²) in [5.74, 6) is 6.59. The summed E-state index contributed by atoms with van der Waals surface area (Å²) in [6.45, 7) is 2.03. The molecule has 3 rings (SSSR count). The van der Waals surface area contributed by atoms with Crippen molar-refractivity contribution >= 4 is 16.6 Å². The summed E-state index contributed by atoms with van der Waals surface area (Å²) in [7, 11) is 0. The number of aryl methyl sites for hydroxylation is 1. The minimum atomic E-state index is 0.419. The highest BCUT2D eigenvalue weighted by Gasteiger charge is 2.04. The quantitative estimate of drug-likeness (QED) is 0.643. The molecule has 0 spiro atoms. The first-order valence-corrected chi connectivity index (χ1v) is 6.84. The lowest BCUT2D eigenvalue weighted by atomic mass is 10.0. The van der Waals surface area contributed by atoms with Gasteiger partial charge in [-0.3, -0.25) is 0 Å². The molecule has 2 aromatic carbocycles. The molecule has 0 aliphatic heterocycles. The summed E-state index contributed by atoms with van der Waals surface area (Å²) in [6, 6.07) is 15.4. The smallest absolute Gasteiger partial charge is 0.139 e. The zero-order chi connectivity index (χ0) is 15.5. The average molecular weight is 283 g/mol. The molecule has 22 heavy (non-hydrogen) atoms. The number of nitriles is 1. The molecule has 1 heterocycles. The highest BCUT2D eigenvalue weighted by molar-refractivity contribution is 5.91. The largest absolute Gasteiger partial charge is 0.383 e. The number of nitrogens with zero attached hydrogens (tertiary/aromatic N) is 2. The Morgan fingerprint density at radius 2 is 1.86 bits per heavy atom. The van der Waals surface area contributed by atoms with E-state index in [0.717, 1.165) is 27.5 Å². The van der Waals surface area contributed by atoms with Gasteiger partial charge in [0, 0.05) is 22.5 Å². The summed E-state index contributed by atoms with van der Waals surface area (Å²) >= 11 is 0. The third-order valence-corrected chi connectivity index (χ3v) is 3.40. The van der Waals surface area contributed by atoms with Crippen LogP contribution in [0.5, 0.6) is 0 Å². The Hall–Kier alpha value is -3.30. The van der Waals surface area contributed by atoms with E-state index in [0.29, 0.717) is 11.4 Å². The Kier molecular flexibility index (Phi) is 3.48. The van der Waals surface area contributed by atoms with Crippen LogP contribution in [0.2, 0.25) is 0 Å². The molecule has 0 atom stereocenters. The summed E-state index contributed by atoms with van der Waals surface area (Å²) in [5.41, 5.74) is 9.23. The fraction of sp³-hybridized carbons (Fsp3) is 0.0526. The van der Waals surface area contributed by atoms with Crippen LogP contribution in [0.25, 0.3) is 10.8 Å². The maximum absolute atomic E-state index is 8.94. The number of aromatic nitrogens is 1. The van der Waals surface area contributed by atoms with Crippen LogP contribution in [0.3, 0.4) is 0 Å². The molecule has 0 aliphatic carbocycles. The number of rotatable bonds is 0. The van der Waals surface area contributed by atoms with Crippen LogP contribution in [-0.2, 0) is 0 Å². The monoisotopic (exact) mass is 283 g/mol. The fourth-order valence-electron chi connectivity index (χ4n) is 2.27. The Labute approximate surface area is 129 Å². The SMILES string of the molecule is Cc1ccc2cnc(N)c(C#Cc3cccc(C#N)c3)c2c1. The Morgan fingerprint density at radius 3 is 2.68 bits per heavy atom. The van der Waals surface area contributed by atoms with Gasteiger partial charge in [0.1, 0.15) is 5.82 Å². The molecule has 0 saturated carbocycles. The number of pyridine rings is 1. The van der Waals surface area contributed by atoms with Gasteiger partial charge in [0.25, 0.3) is 0 Å². The van der Waals surface area contributed by atoms with Crippen molar-refractivity contribution in [3.8, 4) is 17.9 Å². The lowest BCUT2D eigenvalue weighted by molar-refractivity contribution is 1.35. The van der Waals surface area contributed by atoms with Crippen molar-refractivity contribution in [2.45, 2.75) is 6.92 Å². The molecule has 0 bridgehead atoms. The van der Waals surface area contributed by atoms with Gasteiger partial charge < -0.3 is 5.73 Å². The number of benzene rings is 2. The highest BCUT2D eigenvalue weighted by atomic mass is 14.8. The third-order valence-electron chi connectivity index (χ3n) is 3.40. The Bertz CT molecular complexity index is 964. The Balaban J connectivity index is 2.15. The standard InChI is InChI=1S/C19H13N3/c1-13-5-7-16-12-22-19(21)17(18(16)9-13)8-6-14-3-2-4-15(10-14)11-20/h2-5,7,9-10,12H,1H3,(H2,21,22). The van der Waals surface area contributed by atoms with E-state index in [2.05, 4.69) is 29.0 Å². The van der Waals surface area contributed by atoms with E-state index in [9.17, 15) is 0 Å². The molecule has 3 nitrogen and oxygen atoms in total. The fourth-order valence-corrected chi connectivity index (χ4v) is 2.27. The molecule has 3 aromatic rings. The zero-order valence-corrected chi connectivity index (χ0v) is 12.1. The van der Waals surface area contributed by atoms with Gasteiger partial charge in [-0.2, -0.15) is 5.26 Å². The van der Waals surface area contributed by atoms with Gasteiger partial charge in [0.2, 0.25) is 0 Å². The van der Waals surface area contributed by atoms with Crippen LogP contribution in [0.1, 0.15) is 22.3 Å². The number of hydrogen-bond donors (Lipinski definition) is 1. The molecule has 3 heteroatoms. The van der Waals surface area contributed by atoms with Gasteiger partial charge in [-0.15, -0.1) is 0 Å². The number of nitrogen functional groups attached to an aromatic ring is 1. The number of fused-ring (bicyclic) bond motifs is 1. The first-order valence-electron chi connectivity index (χ1n) is 6.84. The van der Waals surface area contributed by atoms with E-state index in [4.69, 9.17) is 11.0 Å². The molecular weight excluding hydrogens is 270 g/mol. The molecule has 0 amide bonds. The Morgan fingerprint density at radius 1 is 1.05 bits per heavy atom. The maximum Gasteiger partial charge on any atom is 0.139 e. The van der Waals surface area contributed by atoms with Gasteiger partial charge in [-0.25, -0.2) is 4.98 Å². The maximum atomic E-state index is 8.94. The van der Waals surface area contributed by atoms with Crippen molar-refractivity contribution in [3.63, 3.8) is 0 Å². The number of nitrogens with two attached hydrogens (primary N) is 1. The lowest BCUT2D eigenvalue weighted by Gasteiger charge is -2.04. The molecule has 0 fully saturated rings. The van der Waals surface area contributed by atoms with E-state index in [1.807, 2.05) is 31.2 Å². The van der Waals surface area contributed by atoms with E-state index in [-0.39, 0.29) is 0 Å². The summed E-state index contributed by atoms with van der Waals surface area (Å²) in [5, 5.41) is 10.9. The van der Waals surface area contributed by atoms with Gasteiger partial charge >= 0.3 is 0 Å². The summed E-state index contributed by atoms with van der Waals surface area (Å²) in [6.07, 6.45) is 1.76. The second kappa shape index (κ2) is 5.60. The second-order valence-corrected chi connectivity index (χ2v) is 5.05. The summed E-state index contributed by atoms with van der Waals surface area (Å²) in [4.78, 5) is 4.21. The first kappa shape index (κ1) is 13.7. The predicted octanol–water partition coefficient (Wildman–Crippen LogP) is 3.40. The van der Waals surface area contributed by atoms with Crippen molar-refractivity contribution < 1.29 is 0 Å². The molecule has 104 valence electrons. The highest BCUT2D eigenvalue weighted by Crippen LogP contribution is 2.22. The van der Waals surface area contributed by atoms with E-state index in [1.165, 1.54) is 0 Å². The van der Waals surface area contributed by atoms with Crippen molar-refractivity contribution in [1.29, 1.82) is 5.26 Å². The molecule has 2 N–H and O–H groups in total.